The summed E-state index contributed by atoms with van der Waals surface area (Å²) in [5, 5.41) is 4.81. The number of aliphatic imine (C=N–C) groups is 1. The predicted molar refractivity (Wildman–Crippen MR) is 125 cm³/mol. The largest absolute Gasteiger partial charge is 0.378 e. The smallest absolute Gasteiger partial charge is 0.156 e. The maximum absolute atomic E-state index is 4.81. The Bertz CT molecular complexity index is 1110. The Hall–Kier alpha value is -3.18. The molecular weight excluding hydrogens is 424 g/mol. The van der Waals surface area contributed by atoms with Crippen molar-refractivity contribution in [3.8, 4) is 16.9 Å². The standard InChI is InChI=1S/C24H21BrN4/c1-28(2)21-14-8-18(9-15-21)17-26-24-16-23(19-10-12-20(25)13-11-19)27-29(24)22-6-4-3-5-7-22/h3-17H,1-2H3. The van der Waals surface area contributed by atoms with E-state index >= 15 is 0 Å². The molecule has 4 aromatic rings. The average molecular weight is 445 g/mol. The summed E-state index contributed by atoms with van der Waals surface area (Å²) in [6.45, 7) is 0. The molecule has 0 atom stereocenters. The van der Waals surface area contributed by atoms with Gasteiger partial charge in [0.1, 0.15) is 0 Å². The molecule has 5 heteroatoms. The van der Waals surface area contributed by atoms with Gasteiger partial charge >= 0.3 is 0 Å². The lowest BCUT2D eigenvalue weighted by molar-refractivity contribution is 0.885. The average Bonchev–Trinajstić information content (AvgIpc) is 3.18. The van der Waals surface area contributed by atoms with Gasteiger partial charge in [-0.3, -0.25) is 0 Å². The summed E-state index contributed by atoms with van der Waals surface area (Å²) >= 11 is 3.49. The highest BCUT2D eigenvalue weighted by Gasteiger charge is 2.10. The summed E-state index contributed by atoms with van der Waals surface area (Å²) < 4.78 is 2.92. The molecule has 0 aliphatic heterocycles. The summed E-state index contributed by atoms with van der Waals surface area (Å²) in [6, 6.07) is 28.5. The molecule has 0 saturated carbocycles. The number of anilines is 1. The molecule has 1 aromatic heterocycles. The quantitative estimate of drug-likeness (QED) is 0.347. The Labute approximate surface area is 179 Å². The minimum absolute atomic E-state index is 0.783. The monoisotopic (exact) mass is 444 g/mol. The van der Waals surface area contributed by atoms with Gasteiger partial charge in [0, 0.05) is 42.1 Å². The van der Waals surface area contributed by atoms with E-state index in [9.17, 15) is 0 Å². The van der Waals surface area contributed by atoms with Crippen LogP contribution < -0.4 is 4.90 Å². The van der Waals surface area contributed by atoms with Crippen molar-refractivity contribution in [3.63, 3.8) is 0 Å². The Morgan fingerprint density at radius 2 is 1.59 bits per heavy atom. The van der Waals surface area contributed by atoms with E-state index in [-0.39, 0.29) is 0 Å². The maximum atomic E-state index is 4.81. The Morgan fingerprint density at radius 1 is 0.897 bits per heavy atom. The van der Waals surface area contributed by atoms with Crippen molar-refractivity contribution < 1.29 is 0 Å². The van der Waals surface area contributed by atoms with Crippen molar-refractivity contribution in [1.82, 2.24) is 9.78 Å². The molecule has 0 aliphatic rings. The first kappa shape index (κ1) is 19.2. The van der Waals surface area contributed by atoms with Crippen LogP contribution in [0.5, 0.6) is 0 Å². The van der Waals surface area contributed by atoms with Gasteiger partial charge in [0.05, 0.1) is 11.4 Å². The number of para-hydroxylation sites is 1. The molecule has 0 fully saturated rings. The molecule has 4 rings (SSSR count). The lowest BCUT2D eigenvalue weighted by Crippen LogP contribution is -2.08. The number of hydrogen-bond donors (Lipinski definition) is 0. The Balaban J connectivity index is 1.71. The van der Waals surface area contributed by atoms with Gasteiger partial charge in [-0.1, -0.05) is 58.4 Å². The number of aromatic nitrogens is 2. The Kier molecular flexibility index (Phi) is 5.58. The summed E-state index contributed by atoms with van der Waals surface area (Å²) in [4.78, 5) is 6.82. The van der Waals surface area contributed by atoms with Crippen LogP contribution in [-0.2, 0) is 0 Å². The van der Waals surface area contributed by atoms with E-state index in [0.717, 1.165) is 38.5 Å². The predicted octanol–water partition coefficient (Wildman–Crippen LogP) is 6.12. The lowest BCUT2D eigenvalue weighted by Gasteiger charge is -2.11. The molecule has 0 aliphatic carbocycles. The number of halogens is 1. The third-order valence-corrected chi connectivity index (χ3v) is 5.12. The van der Waals surface area contributed by atoms with Crippen LogP contribution in [0, 0.1) is 0 Å². The van der Waals surface area contributed by atoms with E-state index < -0.39 is 0 Å². The van der Waals surface area contributed by atoms with Gasteiger partial charge in [0.2, 0.25) is 0 Å². The van der Waals surface area contributed by atoms with Crippen molar-refractivity contribution in [1.29, 1.82) is 0 Å². The maximum Gasteiger partial charge on any atom is 0.156 e. The fourth-order valence-electron chi connectivity index (χ4n) is 2.98. The van der Waals surface area contributed by atoms with Crippen molar-refractivity contribution in [2.45, 2.75) is 0 Å². The SMILES string of the molecule is CN(C)c1ccc(C=Nc2cc(-c3ccc(Br)cc3)nn2-c2ccccc2)cc1. The van der Waals surface area contributed by atoms with E-state index in [4.69, 9.17) is 10.1 Å². The van der Waals surface area contributed by atoms with E-state index in [1.165, 1.54) is 0 Å². The van der Waals surface area contributed by atoms with Gasteiger partial charge in [-0.25, -0.2) is 9.67 Å². The normalized spacial score (nSPS) is 11.1. The second-order valence-corrected chi connectivity index (χ2v) is 7.80. The van der Waals surface area contributed by atoms with Gasteiger partial charge in [-0.2, -0.15) is 5.10 Å². The first-order valence-corrected chi connectivity index (χ1v) is 10.1. The molecule has 0 bridgehead atoms. The molecule has 0 radical (unpaired) electrons. The van der Waals surface area contributed by atoms with Crippen LogP contribution in [0.15, 0.2) is 94.4 Å². The molecule has 0 unspecified atom stereocenters. The Morgan fingerprint density at radius 3 is 2.24 bits per heavy atom. The second-order valence-electron chi connectivity index (χ2n) is 6.89. The van der Waals surface area contributed by atoms with Gasteiger partial charge < -0.3 is 4.90 Å². The van der Waals surface area contributed by atoms with E-state index in [2.05, 4.69) is 57.2 Å². The third-order valence-electron chi connectivity index (χ3n) is 4.59. The summed E-state index contributed by atoms with van der Waals surface area (Å²) in [5.74, 6) is 0.783. The van der Waals surface area contributed by atoms with Crippen LogP contribution in [0.25, 0.3) is 16.9 Å². The molecule has 3 aromatic carbocycles. The summed E-state index contributed by atoms with van der Waals surface area (Å²) in [5.41, 5.74) is 5.12. The van der Waals surface area contributed by atoms with Crippen molar-refractivity contribution in [2.75, 3.05) is 19.0 Å². The summed E-state index contributed by atoms with van der Waals surface area (Å²) in [7, 11) is 4.07. The molecule has 144 valence electrons. The zero-order valence-electron chi connectivity index (χ0n) is 16.3. The molecular formula is C24H21BrN4. The zero-order valence-corrected chi connectivity index (χ0v) is 17.9. The highest BCUT2D eigenvalue weighted by Crippen LogP contribution is 2.27. The molecule has 29 heavy (non-hydrogen) atoms. The van der Waals surface area contributed by atoms with Crippen LogP contribution in [0.2, 0.25) is 0 Å². The molecule has 4 nitrogen and oxygen atoms in total. The topological polar surface area (TPSA) is 33.4 Å². The van der Waals surface area contributed by atoms with Gasteiger partial charge in [-0.05, 0) is 42.0 Å². The van der Waals surface area contributed by atoms with Gasteiger partial charge in [0.25, 0.3) is 0 Å². The fraction of sp³-hybridized carbons (Fsp3) is 0.0833. The van der Waals surface area contributed by atoms with Crippen LogP contribution in [0.4, 0.5) is 11.5 Å². The fourth-order valence-corrected chi connectivity index (χ4v) is 3.25. The van der Waals surface area contributed by atoms with Crippen LogP contribution >= 0.6 is 15.9 Å². The van der Waals surface area contributed by atoms with E-state index in [0.29, 0.717) is 0 Å². The zero-order chi connectivity index (χ0) is 20.2. The summed E-state index contributed by atoms with van der Waals surface area (Å²) in [6.07, 6.45) is 1.88. The number of rotatable bonds is 5. The number of benzene rings is 3. The molecule has 1 heterocycles. The highest BCUT2D eigenvalue weighted by atomic mass is 79.9. The minimum atomic E-state index is 0.783. The van der Waals surface area contributed by atoms with Crippen LogP contribution in [-0.4, -0.2) is 30.1 Å². The van der Waals surface area contributed by atoms with Crippen LogP contribution in [0.1, 0.15) is 5.56 Å². The van der Waals surface area contributed by atoms with Crippen molar-refractivity contribution >= 4 is 33.6 Å². The molecule has 0 N–H and O–H groups in total. The van der Waals surface area contributed by atoms with Gasteiger partial charge in [0.15, 0.2) is 5.82 Å². The number of nitrogens with zero attached hydrogens (tertiary/aromatic N) is 4. The first-order valence-electron chi connectivity index (χ1n) is 9.33. The molecule has 0 spiro atoms. The highest BCUT2D eigenvalue weighted by molar-refractivity contribution is 9.10. The lowest BCUT2D eigenvalue weighted by atomic mass is 10.1. The molecule has 0 saturated heterocycles. The van der Waals surface area contributed by atoms with Crippen molar-refractivity contribution in [3.05, 3.63) is 95.0 Å². The number of hydrogen-bond acceptors (Lipinski definition) is 3. The van der Waals surface area contributed by atoms with Crippen LogP contribution in [0.3, 0.4) is 0 Å². The molecule has 0 amide bonds. The minimum Gasteiger partial charge on any atom is -0.378 e. The second kappa shape index (κ2) is 8.45. The first-order chi connectivity index (χ1) is 14.1. The third kappa shape index (κ3) is 4.46. The van der Waals surface area contributed by atoms with E-state index in [1.807, 2.05) is 73.5 Å². The van der Waals surface area contributed by atoms with Gasteiger partial charge in [-0.15, -0.1) is 0 Å². The van der Waals surface area contributed by atoms with E-state index in [1.54, 1.807) is 0 Å². The van der Waals surface area contributed by atoms with Crippen molar-refractivity contribution in [2.24, 2.45) is 4.99 Å².